The van der Waals surface area contributed by atoms with Crippen molar-refractivity contribution in [3.8, 4) is 0 Å². The topological polar surface area (TPSA) is 25.8 Å². The fourth-order valence-electron chi connectivity index (χ4n) is 7.84. The zero-order valence-electron chi connectivity index (χ0n) is 26.9. The molecule has 0 atom stereocenters. The average Bonchev–Trinajstić information content (AvgIpc) is 3.52. The standard InChI is InChI=1S/C46H32N2Si/c1-5-15-33(16-6-1)43-44(34-17-7-2-8-18-34)46(38-26-28-42-36(32-38)20-14-30-48-42)49(39-21-9-3-10-22-39,40-23-11-4-12-24-40)45(43)37-25-27-41-35(31-37)19-13-29-47-41/h1-32H. The molecule has 0 fully saturated rings. The van der Waals surface area contributed by atoms with Crippen LogP contribution in [0.1, 0.15) is 22.3 Å². The lowest BCUT2D eigenvalue weighted by Crippen LogP contribution is -2.59. The Kier molecular flexibility index (Phi) is 7.18. The Morgan fingerprint density at radius 3 is 1.12 bits per heavy atom. The summed E-state index contributed by atoms with van der Waals surface area (Å²) in [5, 5.41) is 7.75. The predicted molar refractivity (Wildman–Crippen MR) is 208 cm³/mol. The van der Waals surface area contributed by atoms with E-state index in [1.807, 2.05) is 24.5 Å². The normalized spacial score (nSPS) is 14.1. The van der Waals surface area contributed by atoms with Gasteiger partial charge in [0.15, 0.2) is 8.07 Å². The Bertz CT molecular complexity index is 2340. The SMILES string of the molecule is c1ccc(C2=C(c3ccc4ncccc4c3)[Si](c3ccccc3)(c3ccccc3)C(c3ccc4ncccc4c3)=C2c2ccccc2)cc1. The number of pyridine rings is 2. The number of hydrogen-bond acceptors (Lipinski definition) is 2. The van der Waals surface area contributed by atoms with Crippen LogP contribution >= 0.6 is 0 Å². The first-order valence-electron chi connectivity index (χ1n) is 16.7. The summed E-state index contributed by atoms with van der Waals surface area (Å²) >= 11 is 0. The minimum atomic E-state index is -3.07. The number of nitrogens with zero attached hydrogens (tertiary/aromatic N) is 2. The molecular formula is C46H32N2Si. The Hall–Kier alpha value is -6.16. The third-order valence-corrected chi connectivity index (χ3v) is 14.8. The summed E-state index contributed by atoms with van der Waals surface area (Å²) in [4.78, 5) is 9.42. The second kappa shape index (κ2) is 12.1. The van der Waals surface area contributed by atoms with Crippen molar-refractivity contribution in [3.05, 3.63) is 217 Å². The van der Waals surface area contributed by atoms with E-state index >= 15 is 0 Å². The van der Waals surface area contributed by atoms with Gasteiger partial charge in [-0.3, -0.25) is 9.97 Å². The molecule has 9 rings (SSSR count). The van der Waals surface area contributed by atoms with Gasteiger partial charge in [0.2, 0.25) is 0 Å². The van der Waals surface area contributed by atoms with E-state index in [1.165, 1.54) is 54.2 Å². The quantitative estimate of drug-likeness (QED) is 0.169. The lowest BCUT2D eigenvalue weighted by atomic mass is 9.89. The van der Waals surface area contributed by atoms with Gasteiger partial charge in [-0.25, -0.2) is 0 Å². The van der Waals surface area contributed by atoms with E-state index in [0.29, 0.717) is 0 Å². The molecule has 8 aromatic rings. The molecule has 2 aromatic heterocycles. The van der Waals surface area contributed by atoms with E-state index in [4.69, 9.17) is 9.97 Å². The molecule has 0 saturated carbocycles. The van der Waals surface area contributed by atoms with E-state index in [-0.39, 0.29) is 0 Å². The number of hydrogen-bond donors (Lipinski definition) is 0. The van der Waals surface area contributed by atoms with Crippen LogP contribution in [0, 0.1) is 0 Å². The van der Waals surface area contributed by atoms with Gasteiger partial charge >= 0.3 is 0 Å². The fraction of sp³-hybridized carbons (Fsp3) is 0. The monoisotopic (exact) mass is 640 g/mol. The minimum absolute atomic E-state index is 0.997. The predicted octanol–water partition coefficient (Wildman–Crippen LogP) is 9.66. The molecule has 230 valence electrons. The summed E-state index contributed by atoms with van der Waals surface area (Å²) in [5.41, 5.74) is 9.45. The Labute approximate surface area is 287 Å². The van der Waals surface area contributed by atoms with Crippen molar-refractivity contribution in [2.45, 2.75) is 0 Å². The van der Waals surface area contributed by atoms with Crippen molar-refractivity contribution >= 4 is 61.8 Å². The summed E-state index contributed by atoms with van der Waals surface area (Å²) in [5.74, 6) is 0. The van der Waals surface area contributed by atoms with Gasteiger partial charge in [0.1, 0.15) is 0 Å². The van der Waals surface area contributed by atoms with Crippen molar-refractivity contribution in [3.63, 3.8) is 0 Å². The smallest absolute Gasteiger partial charge is 0.182 e. The van der Waals surface area contributed by atoms with Gasteiger partial charge in [0.05, 0.1) is 11.0 Å². The van der Waals surface area contributed by atoms with Crippen molar-refractivity contribution in [1.82, 2.24) is 9.97 Å². The molecule has 0 bridgehead atoms. The minimum Gasteiger partial charge on any atom is -0.256 e. The molecule has 2 nitrogen and oxygen atoms in total. The molecule has 0 radical (unpaired) electrons. The van der Waals surface area contributed by atoms with E-state index in [0.717, 1.165) is 21.8 Å². The number of allylic oxidation sites excluding steroid dienone is 2. The number of fused-ring (bicyclic) bond motifs is 2. The molecule has 1 aliphatic rings. The number of rotatable bonds is 6. The van der Waals surface area contributed by atoms with Crippen molar-refractivity contribution in [2.75, 3.05) is 0 Å². The number of benzene rings is 6. The van der Waals surface area contributed by atoms with Gasteiger partial charge in [0, 0.05) is 23.2 Å². The molecule has 0 unspecified atom stereocenters. The maximum atomic E-state index is 4.71. The van der Waals surface area contributed by atoms with Crippen molar-refractivity contribution in [2.24, 2.45) is 0 Å². The highest BCUT2D eigenvalue weighted by Crippen LogP contribution is 2.55. The fourth-order valence-corrected chi connectivity index (χ4v) is 13.4. The maximum Gasteiger partial charge on any atom is 0.182 e. The molecule has 49 heavy (non-hydrogen) atoms. The van der Waals surface area contributed by atoms with Crippen LogP contribution in [-0.2, 0) is 0 Å². The highest BCUT2D eigenvalue weighted by atomic mass is 28.3. The molecule has 0 saturated heterocycles. The van der Waals surface area contributed by atoms with Gasteiger partial charge in [-0.2, -0.15) is 0 Å². The average molecular weight is 641 g/mol. The zero-order valence-corrected chi connectivity index (χ0v) is 27.9. The molecule has 0 N–H and O–H groups in total. The molecule has 0 aliphatic carbocycles. The van der Waals surface area contributed by atoms with Crippen molar-refractivity contribution in [1.29, 1.82) is 0 Å². The van der Waals surface area contributed by atoms with E-state index < -0.39 is 8.07 Å². The highest BCUT2D eigenvalue weighted by molar-refractivity contribution is 7.29. The summed E-state index contributed by atoms with van der Waals surface area (Å²) in [6.07, 6.45) is 3.75. The highest BCUT2D eigenvalue weighted by Gasteiger charge is 2.53. The molecule has 6 aromatic carbocycles. The van der Waals surface area contributed by atoms with Crippen LogP contribution in [0.5, 0.6) is 0 Å². The molecule has 1 aliphatic heterocycles. The van der Waals surface area contributed by atoms with Gasteiger partial charge in [-0.05, 0) is 90.6 Å². The summed E-state index contributed by atoms with van der Waals surface area (Å²) < 4.78 is 0. The van der Waals surface area contributed by atoms with Gasteiger partial charge in [-0.15, -0.1) is 0 Å². The van der Waals surface area contributed by atoms with Crippen LogP contribution in [0.2, 0.25) is 0 Å². The summed E-state index contributed by atoms with van der Waals surface area (Å²) in [6, 6.07) is 66.7. The molecule has 3 heterocycles. The first kappa shape index (κ1) is 29.0. The first-order valence-corrected chi connectivity index (χ1v) is 18.7. The summed E-state index contributed by atoms with van der Waals surface area (Å²) in [6.45, 7) is 0. The van der Waals surface area contributed by atoms with Crippen LogP contribution in [0.25, 0.3) is 43.3 Å². The Balaban J connectivity index is 1.54. The molecule has 0 amide bonds. The lowest BCUT2D eigenvalue weighted by Gasteiger charge is -2.36. The summed E-state index contributed by atoms with van der Waals surface area (Å²) in [7, 11) is -3.07. The van der Waals surface area contributed by atoms with E-state index in [1.54, 1.807) is 0 Å². The molecule has 3 heteroatoms. The first-order chi connectivity index (χ1) is 24.3. The van der Waals surface area contributed by atoms with Crippen LogP contribution in [0.4, 0.5) is 0 Å². The second-order valence-electron chi connectivity index (χ2n) is 12.5. The largest absolute Gasteiger partial charge is 0.256 e. The zero-order chi connectivity index (χ0) is 32.6. The Morgan fingerprint density at radius 1 is 0.327 bits per heavy atom. The maximum absolute atomic E-state index is 4.71. The van der Waals surface area contributed by atoms with Gasteiger partial charge in [0.25, 0.3) is 0 Å². The molecular weight excluding hydrogens is 609 g/mol. The third kappa shape index (κ3) is 4.78. The van der Waals surface area contributed by atoms with Crippen LogP contribution in [-0.4, -0.2) is 18.0 Å². The second-order valence-corrected chi connectivity index (χ2v) is 16.2. The lowest BCUT2D eigenvalue weighted by molar-refractivity contribution is 1.41. The third-order valence-electron chi connectivity index (χ3n) is 9.82. The van der Waals surface area contributed by atoms with Crippen LogP contribution < -0.4 is 10.4 Å². The Morgan fingerprint density at radius 2 is 0.714 bits per heavy atom. The molecule has 0 spiro atoms. The van der Waals surface area contributed by atoms with Crippen LogP contribution in [0.15, 0.2) is 194 Å². The van der Waals surface area contributed by atoms with Gasteiger partial charge in [-0.1, -0.05) is 146 Å². The number of aromatic nitrogens is 2. The van der Waals surface area contributed by atoms with E-state index in [2.05, 4.69) is 170 Å². The van der Waals surface area contributed by atoms with E-state index in [9.17, 15) is 0 Å². The van der Waals surface area contributed by atoms with Crippen molar-refractivity contribution < 1.29 is 0 Å². The van der Waals surface area contributed by atoms with Gasteiger partial charge < -0.3 is 0 Å². The van der Waals surface area contributed by atoms with Crippen LogP contribution in [0.3, 0.4) is 0 Å².